The standard InChI is InChI=1S/C6H6ClNO3/c7-6(9)3-1-5(2-4-6)8(10)11/h1-3,9H,4H2. The molecule has 0 heterocycles. The number of nitro groups is 1. The Bertz CT molecular complexity index is 244. The van der Waals surface area contributed by atoms with Crippen LogP contribution in [0.2, 0.25) is 0 Å². The lowest BCUT2D eigenvalue weighted by Gasteiger charge is -2.15. The van der Waals surface area contributed by atoms with E-state index in [1.54, 1.807) is 0 Å². The molecule has 0 bridgehead atoms. The summed E-state index contributed by atoms with van der Waals surface area (Å²) in [5, 5.41) is 17.8. The molecule has 0 aromatic rings. The maximum absolute atomic E-state index is 10.1. The lowest BCUT2D eigenvalue weighted by atomic mass is 10.1. The summed E-state index contributed by atoms with van der Waals surface area (Å²) in [7, 11) is 0. The van der Waals surface area contributed by atoms with Gasteiger partial charge in [0.05, 0.1) is 4.92 Å². The highest BCUT2D eigenvalue weighted by molar-refractivity contribution is 6.24. The Balaban J connectivity index is 2.75. The van der Waals surface area contributed by atoms with E-state index < -0.39 is 9.98 Å². The van der Waals surface area contributed by atoms with E-state index in [0.717, 1.165) is 0 Å². The molecule has 0 amide bonds. The normalized spacial score (nSPS) is 29.8. The van der Waals surface area contributed by atoms with E-state index in [-0.39, 0.29) is 12.1 Å². The molecule has 1 aliphatic rings. The van der Waals surface area contributed by atoms with Gasteiger partial charge in [0.1, 0.15) is 0 Å². The van der Waals surface area contributed by atoms with Gasteiger partial charge in [-0.25, -0.2) is 0 Å². The second-order valence-corrected chi connectivity index (χ2v) is 2.90. The summed E-state index contributed by atoms with van der Waals surface area (Å²) in [4.78, 5) is 9.60. The number of hydrogen-bond donors (Lipinski definition) is 1. The number of aliphatic hydroxyl groups is 1. The smallest absolute Gasteiger partial charge is 0.265 e. The van der Waals surface area contributed by atoms with Crippen LogP contribution >= 0.6 is 11.6 Å². The quantitative estimate of drug-likeness (QED) is 0.368. The molecule has 0 saturated carbocycles. The van der Waals surface area contributed by atoms with Crippen LogP contribution in [0.1, 0.15) is 6.42 Å². The number of rotatable bonds is 1. The molecule has 1 N–H and O–H groups in total. The first kappa shape index (κ1) is 8.23. The minimum atomic E-state index is -1.44. The van der Waals surface area contributed by atoms with Gasteiger partial charge in [-0.3, -0.25) is 10.1 Å². The van der Waals surface area contributed by atoms with Gasteiger partial charge in [-0.15, -0.1) is 0 Å². The average molecular weight is 176 g/mol. The number of nitrogens with zero attached hydrogens (tertiary/aromatic N) is 1. The van der Waals surface area contributed by atoms with E-state index in [0.29, 0.717) is 0 Å². The summed E-state index contributed by atoms with van der Waals surface area (Å²) >= 11 is 5.44. The fourth-order valence-electron chi connectivity index (χ4n) is 0.732. The summed E-state index contributed by atoms with van der Waals surface area (Å²) in [6.07, 6.45) is 3.75. The number of allylic oxidation sites excluding steroid dienone is 1. The Morgan fingerprint density at radius 3 is 2.82 bits per heavy atom. The third-order valence-electron chi connectivity index (χ3n) is 1.32. The van der Waals surface area contributed by atoms with E-state index in [1.807, 2.05) is 0 Å². The molecule has 1 rings (SSSR count). The van der Waals surface area contributed by atoms with Crippen LogP contribution in [0.15, 0.2) is 23.9 Å². The van der Waals surface area contributed by atoms with E-state index in [4.69, 9.17) is 16.7 Å². The minimum absolute atomic E-state index is 0.0321. The van der Waals surface area contributed by atoms with Gasteiger partial charge in [0.15, 0.2) is 5.06 Å². The molecule has 0 spiro atoms. The maximum atomic E-state index is 10.1. The molecule has 0 aromatic carbocycles. The first-order valence-electron chi connectivity index (χ1n) is 2.96. The van der Waals surface area contributed by atoms with Crippen molar-refractivity contribution in [1.82, 2.24) is 0 Å². The summed E-state index contributed by atoms with van der Waals surface area (Å²) in [6.45, 7) is 0. The summed E-state index contributed by atoms with van der Waals surface area (Å²) in [5.74, 6) is 0. The molecule has 5 heteroatoms. The summed E-state index contributed by atoms with van der Waals surface area (Å²) in [5.41, 5.74) is -0.0321. The van der Waals surface area contributed by atoms with Gasteiger partial charge in [0, 0.05) is 12.5 Å². The van der Waals surface area contributed by atoms with Crippen LogP contribution in [0.25, 0.3) is 0 Å². The van der Waals surface area contributed by atoms with Gasteiger partial charge >= 0.3 is 0 Å². The number of alkyl halides is 1. The lowest BCUT2D eigenvalue weighted by Crippen LogP contribution is -2.19. The topological polar surface area (TPSA) is 63.4 Å². The molecule has 0 fully saturated rings. The lowest BCUT2D eigenvalue weighted by molar-refractivity contribution is -0.419. The van der Waals surface area contributed by atoms with Crippen molar-refractivity contribution in [3.05, 3.63) is 34.0 Å². The van der Waals surface area contributed by atoms with Crippen LogP contribution < -0.4 is 0 Å². The Morgan fingerprint density at radius 1 is 1.82 bits per heavy atom. The van der Waals surface area contributed by atoms with Gasteiger partial charge in [0.25, 0.3) is 5.70 Å². The minimum Gasteiger partial charge on any atom is -0.371 e. The van der Waals surface area contributed by atoms with Crippen molar-refractivity contribution in [2.45, 2.75) is 11.5 Å². The average Bonchev–Trinajstić information content (AvgIpc) is 1.86. The monoisotopic (exact) mass is 175 g/mol. The predicted octanol–water partition coefficient (Wildman–Crippen LogP) is 1.03. The van der Waals surface area contributed by atoms with Crippen molar-refractivity contribution in [3.8, 4) is 0 Å². The van der Waals surface area contributed by atoms with Crippen molar-refractivity contribution < 1.29 is 10.0 Å². The summed E-state index contributed by atoms with van der Waals surface area (Å²) in [6, 6.07) is 0. The van der Waals surface area contributed by atoms with Crippen LogP contribution in [0, 0.1) is 10.1 Å². The fourth-order valence-corrected chi connectivity index (χ4v) is 0.872. The molecule has 60 valence electrons. The van der Waals surface area contributed by atoms with Crippen molar-refractivity contribution in [3.63, 3.8) is 0 Å². The molecule has 1 unspecified atom stereocenters. The predicted molar refractivity (Wildman–Crippen MR) is 39.6 cm³/mol. The van der Waals surface area contributed by atoms with Crippen LogP contribution in [0.3, 0.4) is 0 Å². The largest absolute Gasteiger partial charge is 0.371 e. The van der Waals surface area contributed by atoms with Crippen LogP contribution in [0.4, 0.5) is 0 Å². The Labute approximate surface area is 67.9 Å². The van der Waals surface area contributed by atoms with Crippen LogP contribution in [-0.4, -0.2) is 15.1 Å². The Kier molecular flexibility index (Phi) is 1.97. The molecule has 11 heavy (non-hydrogen) atoms. The molecule has 0 saturated heterocycles. The molecule has 0 aromatic heterocycles. The molecule has 0 radical (unpaired) electrons. The second kappa shape index (κ2) is 2.64. The molecular formula is C6H6ClNO3. The van der Waals surface area contributed by atoms with Crippen molar-refractivity contribution in [1.29, 1.82) is 0 Å². The fraction of sp³-hybridized carbons (Fsp3) is 0.333. The van der Waals surface area contributed by atoms with Gasteiger partial charge in [0.2, 0.25) is 0 Å². The summed E-state index contributed by atoms with van der Waals surface area (Å²) < 4.78 is 0. The van der Waals surface area contributed by atoms with Crippen molar-refractivity contribution in [2.24, 2.45) is 0 Å². The molecule has 4 nitrogen and oxygen atoms in total. The third-order valence-corrected chi connectivity index (χ3v) is 1.60. The highest BCUT2D eigenvalue weighted by Gasteiger charge is 2.24. The Morgan fingerprint density at radius 2 is 2.45 bits per heavy atom. The molecule has 0 aliphatic heterocycles. The van der Waals surface area contributed by atoms with Gasteiger partial charge in [-0.05, 0) is 12.2 Å². The van der Waals surface area contributed by atoms with Crippen LogP contribution in [-0.2, 0) is 0 Å². The van der Waals surface area contributed by atoms with Crippen molar-refractivity contribution in [2.75, 3.05) is 0 Å². The van der Waals surface area contributed by atoms with Gasteiger partial charge < -0.3 is 5.11 Å². The van der Waals surface area contributed by atoms with Gasteiger partial charge in [-0.1, -0.05) is 11.6 Å². The zero-order valence-corrected chi connectivity index (χ0v) is 6.28. The van der Waals surface area contributed by atoms with Crippen molar-refractivity contribution >= 4 is 11.6 Å². The van der Waals surface area contributed by atoms with E-state index in [2.05, 4.69) is 0 Å². The molecule has 1 aliphatic carbocycles. The zero-order chi connectivity index (χ0) is 8.48. The van der Waals surface area contributed by atoms with E-state index >= 15 is 0 Å². The zero-order valence-electron chi connectivity index (χ0n) is 5.53. The highest BCUT2D eigenvalue weighted by Crippen LogP contribution is 2.24. The highest BCUT2D eigenvalue weighted by atomic mass is 35.5. The van der Waals surface area contributed by atoms with Crippen LogP contribution in [0.5, 0.6) is 0 Å². The number of hydrogen-bond acceptors (Lipinski definition) is 3. The second-order valence-electron chi connectivity index (χ2n) is 2.24. The SMILES string of the molecule is O=[N+]([O-])C1=CCC(O)(Cl)C=C1. The third kappa shape index (κ3) is 2.03. The first-order valence-corrected chi connectivity index (χ1v) is 3.34. The first-order chi connectivity index (χ1) is 5.01. The van der Waals surface area contributed by atoms with E-state index in [1.165, 1.54) is 18.2 Å². The van der Waals surface area contributed by atoms with Gasteiger partial charge in [-0.2, -0.15) is 0 Å². The van der Waals surface area contributed by atoms with E-state index in [9.17, 15) is 10.1 Å². The molecular weight excluding hydrogens is 170 g/mol. The number of halogens is 1. The Hall–Kier alpha value is -0.870. The maximum Gasteiger partial charge on any atom is 0.265 e. The molecule has 1 atom stereocenters.